The van der Waals surface area contributed by atoms with Crippen molar-refractivity contribution in [2.24, 2.45) is 0 Å². The Bertz CT molecular complexity index is 841. The predicted octanol–water partition coefficient (Wildman–Crippen LogP) is 5.08. The molecule has 3 rings (SSSR count). The Hall–Kier alpha value is -1.85. The molecule has 2 N–H and O–H groups in total. The minimum Gasteiger partial charge on any atom is -0.343 e. The van der Waals surface area contributed by atoms with E-state index in [4.69, 9.17) is 23.2 Å². The third-order valence-electron chi connectivity index (χ3n) is 4.91. The van der Waals surface area contributed by atoms with Gasteiger partial charge in [0.1, 0.15) is 19.1 Å². The van der Waals surface area contributed by atoms with E-state index < -0.39 is 12.1 Å². The number of rotatable bonds is 5. The Labute approximate surface area is 169 Å². The van der Waals surface area contributed by atoms with Gasteiger partial charge >= 0.3 is 0 Å². The van der Waals surface area contributed by atoms with Crippen LogP contribution in [0.3, 0.4) is 0 Å². The number of nitrogens with zero attached hydrogens (tertiary/aromatic N) is 1. The molecule has 6 heteroatoms. The topological polar surface area (TPSA) is 49.3 Å². The molecule has 142 valence electrons. The Morgan fingerprint density at radius 1 is 1.07 bits per heavy atom. The first-order valence-corrected chi connectivity index (χ1v) is 9.68. The highest BCUT2D eigenvalue weighted by atomic mass is 35.5. The van der Waals surface area contributed by atoms with Gasteiger partial charge < -0.3 is 5.32 Å². The summed E-state index contributed by atoms with van der Waals surface area (Å²) in [7, 11) is 0. The second kappa shape index (κ2) is 8.44. The molecule has 0 bridgehead atoms. The number of benzene rings is 2. The molecule has 2 aromatic rings. The van der Waals surface area contributed by atoms with Crippen LogP contribution in [0.5, 0.6) is 0 Å². The fourth-order valence-corrected chi connectivity index (χ4v) is 3.99. The fourth-order valence-electron chi connectivity index (χ4n) is 3.68. The second-order valence-electron chi connectivity index (χ2n) is 6.86. The molecule has 2 unspecified atom stereocenters. The smallest absolute Gasteiger partial charge is 0.217 e. The van der Waals surface area contributed by atoms with Gasteiger partial charge in [-0.05, 0) is 23.8 Å². The molecule has 0 aromatic heterocycles. The zero-order valence-corrected chi connectivity index (χ0v) is 16.6. The largest absolute Gasteiger partial charge is 0.343 e. The van der Waals surface area contributed by atoms with E-state index in [1.807, 2.05) is 42.5 Å². The van der Waals surface area contributed by atoms with Gasteiger partial charge in [-0.1, -0.05) is 65.7 Å². The van der Waals surface area contributed by atoms with E-state index in [0.717, 1.165) is 17.5 Å². The first-order valence-electron chi connectivity index (χ1n) is 8.92. The van der Waals surface area contributed by atoms with Crippen LogP contribution in [-0.2, 0) is 4.79 Å². The maximum Gasteiger partial charge on any atom is 0.217 e. The van der Waals surface area contributed by atoms with Gasteiger partial charge in [0, 0.05) is 18.9 Å². The highest BCUT2D eigenvalue weighted by Crippen LogP contribution is 2.41. The van der Waals surface area contributed by atoms with Crippen molar-refractivity contribution in [3.8, 4) is 0 Å². The molecule has 27 heavy (non-hydrogen) atoms. The van der Waals surface area contributed by atoms with E-state index in [0.29, 0.717) is 23.1 Å². The number of hydrogen-bond donors (Lipinski definition) is 2. The van der Waals surface area contributed by atoms with Gasteiger partial charge in [0.05, 0.1) is 10.0 Å². The van der Waals surface area contributed by atoms with Crippen molar-refractivity contribution in [3.63, 3.8) is 0 Å². The van der Waals surface area contributed by atoms with Gasteiger partial charge in [0.2, 0.25) is 5.91 Å². The number of carbonyl (C=O) groups is 1. The predicted molar refractivity (Wildman–Crippen MR) is 108 cm³/mol. The normalized spacial score (nSPS) is 21.5. The molecule has 4 nitrogen and oxygen atoms in total. The maximum absolute atomic E-state index is 12.0. The van der Waals surface area contributed by atoms with Crippen LogP contribution < -0.4 is 5.32 Å². The Morgan fingerprint density at radius 3 is 2.41 bits per heavy atom. The Balaban J connectivity index is 2.15. The molecule has 0 saturated heterocycles. The summed E-state index contributed by atoms with van der Waals surface area (Å²) in [5.41, 5.74) is 1.75. The van der Waals surface area contributed by atoms with Gasteiger partial charge in [-0.2, -0.15) is 4.65 Å². The molecule has 3 atom stereocenters. The first-order chi connectivity index (χ1) is 12.9. The van der Waals surface area contributed by atoms with Crippen molar-refractivity contribution in [2.45, 2.75) is 25.4 Å². The van der Waals surface area contributed by atoms with Gasteiger partial charge in [0.15, 0.2) is 6.04 Å². The monoisotopic (exact) mass is 405 g/mol. The summed E-state index contributed by atoms with van der Waals surface area (Å²) in [6, 6.07) is 14.2. The number of nitrogens with one attached hydrogen (secondary N) is 1. The number of halogens is 2. The van der Waals surface area contributed by atoms with Crippen LogP contribution in [0.25, 0.3) is 0 Å². The highest BCUT2D eigenvalue weighted by molar-refractivity contribution is 6.42. The SMILES string of the molecule is CC(=O)N[C@@H](c1ccccc1)C(c1ccc(Cl)c(Cl)c1)[N+]1(O)CC=CCC1. The zero-order valence-electron chi connectivity index (χ0n) is 15.1. The number of carbonyl (C=O) groups excluding carboxylic acids is 1. The van der Waals surface area contributed by atoms with E-state index in [9.17, 15) is 10.0 Å². The second-order valence-corrected chi connectivity index (χ2v) is 7.67. The molecule has 1 aliphatic heterocycles. The summed E-state index contributed by atoms with van der Waals surface area (Å²) in [6.45, 7) is 2.48. The number of hydroxylamine groups is 3. The van der Waals surface area contributed by atoms with Crippen molar-refractivity contribution < 1.29 is 14.6 Å². The lowest BCUT2D eigenvalue weighted by Crippen LogP contribution is -2.54. The summed E-state index contributed by atoms with van der Waals surface area (Å²) >= 11 is 12.4. The van der Waals surface area contributed by atoms with Crippen molar-refractivity contribution in [3.05, 3.63) is 81.9 Å². The van der Waals surface area contributed by atoms with E-state index in [1.54, 1.807) is 12.1 Å². The molecule has 0 saturated carbocycles. The molecular formula is C21H23Cl2N2O2+. The summed E-state index contributed by atoms with van der Waals surface area (Å²) in [4.78, 5) is 12.0. The molecule has 0 spiro atoms. The summed E-state index contributed by atoms with van der Waals surface area (Å²) in [5.74, 6) is -0.159. The lowest BCUT2D eigenvalue weighted by atomic mass is 9.90. The zero-order chi connectivity index (χ0) is 19.4. The highest BCUT2D eigenvalue weighted by Gasteiger charge is 2.44. The molecule has 1 heterocycles. The molecule has 0 radical (unpaired) electrons. The van der Waals surface area contributed by atoms with Crippen LogP contribution in [0.4, 0.5) is 0 Å². The quantitative estimate of drug-likeness (QED) is 0.538. The van der Waals surface area contributed by atoms with Crippen molar-refractivity contribution in [1.29, 1.82) is 0 Å². The third-order valence-corrected chi connectivity index (χ3v) is 5.65. The van der Waals surface area contributed by atoms with Crippen LogP contribution in [0.1, 0.15) is 36.6 Å². The maximum atomic E-state index is 12.0. The molecule has 1 amide bonds. The number of amides is 1. The van der Waals surface area contributed by atoms with Gasteiger partial charge in [-0.25, -0.2) is 5.21 Å². The van der Waals surface area contributed by atoms with Gasteiger partial charge in [-0.15, -0.1) is 0 Å². The minimum absolute atomic E-state index is 0.159. The number of quaternary nitrogens is 1. The van der Waals surface area contributed by atoms with Crippen LogP contribution in [0.2, 0.25) is 10.0 Å². The third kappa shape index (κ3) is 4.53. The standard InChI is InChI=1S/C21H22Cl2N2O2/c1-15(26)24-20(16-8-4-2-5-9-16)21(25(27)12-6-3-7-13-25)17-10-11-18(22)19(23)14-17/h2-6,8-11,14,20-21,27H,7,12-13H2,1H3/p+1/t20-,21?,25?/m0/s1. The number of hydrogen-bond acceptors (Lipinski definition) is 2. The van der Waals surface area contributed by atoms with Gasteiger partial charge in [-0.3, -0.25) is 4.79 Å². The average molecular weight is 406 g/mol. The summed E-state index contributed by atoms with van der Waals surface area (Å²) in [6.07, 6.45) is 4.80. The Kier molecular flexibility index (Phi) is 6.22. The van der Waals surface area contributed by atoms with Crippen LogP contribution in [0.15, 0.2) is 60.7 Å². The van der Waals surface area contributed by atoms with E-state index in [2.05, 4.69) is 11.4 Å². The summed E-state index contributed by atoms with van der Waals surface area (Å²) < 4.78 is -0.214. The average Bonchev–Trinajstić information content (AvgIpc) is 2.65. The lowest BCUT2D eigenvalue weighted by molar-refractivity contribution is -1.12. The fraction of sp³-hybridized carbons (Fsp3) is 0.286. The molecule has 2 aromatic carbocycles. The van der Waals surface area contributed by atoms with Crippen LogP contribution in [0, 0.1) is 0 Å². The molecule has 1 aliphatic rings. The molecule has 0 aliphatic carbocycles. The van der Waals surface area contributed by atoms with Gasteiger partial charge in [0.25, 0.3) is 0 Å². The molecule has 0 fully saturated rings. The van der Waals surface area contributed by atoms with Crippen molar-refractivity contribution in [2.75, 3.05) is 13.1 Å². The van der Waals surface area contributed by atoms with Crippen LogP contribution >= 0.6 is 23.2 Å². The van der Waals surface area contributed by atoms with Crippen molar-refractivity contribution >= 4 is 29.1 Å². The van der Waals surface area contributed by atoms with Crippen molar-refractivity contribution in [1.82, 2.24) is 5.32 Å². The van der Waals surface area contributed by atoms with E-state index in [1.165, 1.54) is 6.92 Å². The van der Waals surface area contributed by atoms with E-state index >= 15 is 0 Å². The first kappa shape index (κ1) is 19.9. The van der Waals surface area contributed by atoms with Crippen LogP contribution in [-0.4, -0.2) is 28.9 Å². The molecular weight excluding hydrogens is 383 g/mol. The Morgan fingerprint density at radius 2 is 1.81 bits per heavy atom. The minimum atomic E-state index is -0.434. The lowest BCUT2D eigenvalue weighted by Gasteiger charge is -2.42. The summed E-state index contributed by atoms with van der Waals surface area (Å²) in [5, 5.41) is 15.5. The van der Waals surface area contributed by atoms with E-state index in [-0.39, 0.29) is 10.6 Å².